The second-order valence-corrected chi connectivity index (χ2v) is 9.95. The number of H-pyrrole nitrogens is 1. The summed E-state index contributed by atoms with van der Waals surface area (Å²) in [6.45, 7) is 2.46. The van der Waals surface area contributed by atoms with Crippen LogP contribution in [0.3, 0.4) is 0 Å². The summed E-state index contributed by atoms with van der Waals surface area (Å²) in [5.41, 5.74) is 4.40. The molecule has 11 nitrogen and oxygen atoms in total. The number of nitrogens with one attached hydrogen (secondary N) is 1. The highest BCUT2D eigenvalue weighted by molar-refractivity contribution is 6.30. The van der Waals surface area contributed by atoms with Gasteiger partial charge < -0.3 is 19.2 Å². The maximum atomic E-state index is 11.9. The number of tetrazole rings is 1. The van der Waals surface area contributed by atoms with Gasteiger partial charge in [-0.25, -0.2) is 9.78 Å². The molecule has 2 atom stereocenters. The Morgan fingerprint density at radius 1 is 1.18 bits per heavy atom. The normalized spacial score (nSPS) is 12.9. The Balaban J connectivity index is 1.61. The molecule has 0 fully saturated rings. The number of aryl methyl sites for hydroxylation is 1. The lowest BCUT2D eigenvalue weighted by molar-refractivity contribution is -0.157. The number of hydrogen-bond acceptors (Lipinski definition) is 8. The first-order valence-electron chi connectivity index (χ1n) is 13.0. The van der Waals surface area contributed by atoms with Gasteiger partial charge in [0.2, 0.25) is 5.82 Å². The monoisotopic (exact) mass is 565 g/mol. The highest BCUT2D eigenvalue weighted by atomic mass is 35.5. The molecule has 0 bridgehead atoms. The van der Waals surface area contributed by atoms with Crippen LogP contribution in [0.25, 0.3) is 22.5 Å². The van der Waals surface area contributed by atoms with E-state index in [0.29, 0.717) is 30.8 Å². The number of carbonyl (C=O) groups is 2. The molecule has 40 heavy (non-hydrogen) atoms. The Kier molecular flexibility index (Phi) is 9.75. The summed E-state index contributed by atoms with van der Waals surface area (Å²) in [5.74, 6) is 0.0861. The van der Waals surface area contributed by atoms with E-state index in [9.17, 15) is 14.7 Å². The van der Waals surface area contributed by atoms with Crippen LogP contribution in [-0.4, -0.2) is 78.7 Å². The van der Waals surface area contributed by atoms with Gasteiger partial charge in [0, 0.05) is 18.5 Å². The molecule has 2 heterocycles. The zero-order chi connectivity index (χ0) is 28.6. The Bertz CT molecular complexity index is 1420. The number of rotatable bonds is 14. The Hall–Kier alpha value is -3.93. The Morgan fingerprint density at radius 2 is 1.90 bits per heavy atom. The molecule has 4 aromatic rings. The second kappa shape index (κ2) is 13.4. The van der Waals surface area contributed by atoms with Crippen LogP contribution in [0.15, 0.2) is 48.5 Å². The number of benzene rings is 2. The highest BCUT2D eigenvalue weighted by Crippen LogP contribution is 2.30. The number of hydrogen-bond donors (Lipinski definition) is 2. The topological polar surface area (TPSA) is 139 Å². The summed E-state index contributed by atoms with van der Waals surface area (Å²) in [6.07, 6.45) is 1.83. The average molecular weight is 566 g/mol. The number of ether oxygens (including phenoxy) is 1. The van der Waals surface area contributed by atoms with Crippen LogP contribution in [0.4, 0.5) is 0 Å². The van der Waals surface area contributed by atoms with E-state index in [1.165, 1.54) is 4.90 Å². The van der Waals surface area contributed by atoms with E-state index in [0.717, 1.165) is 40.9 Å². The van der Waals surface area contributed by atoms with Gasteiger partial charge in [0.15, 0.2) is 11.3 Å². The van der Waals surface area contributed by atoms with Crippen LogP contribution >= 0.6 is 11.6 Å². The second-order valence-electron chi connectivity index (χ2n) is 9.59. The third-order valence-corrected chi connectivity index (χ3v) is 6.97. The van der Waals surface area contributed by atoms with Gasteiger partial charge in [-0.05, 0) is 42.4 Å². The minimum Gasteiger partial charge on any atom is -0.479 e. The average Bonchev–Trinajstić information content (AvgIpc) is 3.58. The van der Waals surface area contributed by atoms with E-state index in [4.69, 9.17) is 16.3 Å². The van der Waals surface area contributed by atoms with Crippen molar-refractivity contribution >= 4 is 23.9 Å². The number of aromatic amines is 1. The number of likely N-dealkylation sites (N-methyl/N-ethyl adjacent to an activating group) is 1. The quantitative estimate of drug-likeness (QED) is 0.218. The van der Waals surface area contributed by atoms with Crippen LogP contribution in [0.2, 0.25) is 5.15 Å². The van der Waals surface area contributed by atoms with Crippen molar-refractivity contribution in [2.24, 2.45) is 0 Å². The van der Waals surface area contributed by atoms with E-state index in [-0.39, 0.29) is 11.8 Å². The van der Waals surface area contributed by atoms with E-state index < -0.39 is 18.1 Å². The zero-order valence-corrected chi connectivity index (χ0v) is 23.4. The smallest absolute Gasteiger partial charge is 0.334 e. The summed E-state index contributed by atoms with van der Waals surface area (Å²) in [4.78, 5) is 29.6. The van der Waals surface area contributed by atoms with Crippen molar-refractivity contribution in [3.63, 3.8) is 0 Å². The largest absolute Gasteiger partial charge is 0.479 e. The van der Waals surface area contributed by atoms with Gasteiger partial charge in [-0.15, -0.1) is 10.2 Å². The van der Waals surface area contributed by atoms with Gasteiger partial charge >= 0.3 is 5.97 Å². The standard InChI is InChI=1S/C28H32ClN7O4/c1-4-5-10-24-30-26(29)23(17-40-25(28(38)39)22(16-37)35(2)3)36(24)15-18-11-13-19(14-12-18)20-8-6-7-9-21(20)27-31-33-34-32-27/h6-9,11-14,16,22,25H,4-5,10,15,17H2,1-3H3,(H,38,39)(H,31,32,33,34). The molecule has 0 aliphatic heterocycles. The maximum Gasteiger partial charge on any atom is 0.334 e. The number of aldehydes is 1. The summed E-state index contributed by atoms with van der Waals surface area (Å²) in [6, 6.07) is 15.0. The molecule has 2 aromatic carbocycles. The Labute approximate surface area is 237 Å². The summed E-state index contributed by atoms with van der Waals surface area (Å²) in [5, 5.41) is 24.4. The van der Waals surface area contributed by atoms with E-state index in [1.54, 1.807) is 14.1 Å². The third kappa shape index (κ3) is 6.61. The number of nitrogens with zero attached hydrogens (tertiary/aromatic N) is 6. The number of carboxylic acids is 1. The van der Waals surface area contributed by atoms with Crippen LogP contribution in [0.1, 0.15) is 36.8 Å². The molecule has 210 valence electrons. The molecule has 4 rings (SSSR count). The number of halogens is 1. The van der Waals surface area contributed by atoms with Gasteiger partial charge in [-0.1, -0.05) is 73.5 Å². The van der Waals surface area contributed by atoms with E-state index in [2.05, 4.69) is 32.5 Å². The molecule has 2 aromatic heterocycles. The molecule has 12 heteroatoms. The van der Waals surface area contributed by atoms with Gasteiger partial charge in [0.25, 0.3) is 0 Å². The lowest BCUT2D eigenvalue weighted by Gasteiger charge is -2.25. The van der Waals surface area contributed by atoms with Gasteiger partial charge in [0.05, 0.1) is 12.3 Å². The minimum absolute atomic E-state index is 0.108. The van der Waals surface area contributed by atoms with Gasteiger partial charge in [-0.3, -0.25) is 4.90 Å². The maximum absolute atomic E-state index is 11.9. The molecular formula is C28H32ClN7O4. The van der Waals surface area contributed by atoms with Crippen molar-refractivity contribution in [1.82, 2.24) is 35.1 Å². The first-order chi connectivity index (χ1) is 19.3. The van der Waals surface area contributed by atoms with Crippen LogP contribution in [0.5, 0.6) is 0 Å². The van der Waals surface area contributed by atoms with Crippen LogP contribution in [0, 0.1) is 0 Å². The molecule has 2 N–H and O–H groups in total. The number of aliphatic carboxylic acids is 1. The summed E-state index contributed by atoms with van der Waals surface area (Å²) >= 11 is 6.55. The fraction of sp³-hybridized carbons (Fsp3) is 0.357. The predicted molar refractivity (Wildman–Crippen MR) is 150 cm³/mol. The SMILES string of the molecule is CCCCc1nc(Cl)c(COC(C(=O)O)C(C=O)N(C)C)n1Cc1ccc(-c2ccccc2-c2nn[nH]n2)cc1. The molecule has 0 saturated heterocycles. The minimum atomic E-state index is -1.36. The zero-order valence-electron chi connectivity index (χ0n) is 22.6. The van der Waals surface area contributed by atoms with Crippen molar-refractivity contribution in [3.8, 4) is 22.5 Å². The molecule has 0 saturated carbocycles. The van der Waals surface area contributed by atoms with Crippen molar-refractivity contribution in [2.45, 2.75) is 51.5 Å². The van der Waals surface area contributed by atoms with Crippen molar-refractivity contribution in [3.05, 3.63) is 70.8 Å². The van der Waals surface area contributed by atoms with Gasteiger partial charge in [0.1, 0.15) is 18.2 Å². The molecule has 0 amide bonds. The summed E-state index contributed by atoms with van der Waals surface area (Å²) < 4.78 is 7.75. The lowest BCUT2D eigenvalue weighted by atomic mass is 9.98. The van der Waals surface area contributed by atoms with Crippen molar-refractivity contribution in [1.29, 1.82) is 0 Å². The molecule has 2 unspecified atom stereocenters. The highest BCUT2D eigenvalue weighted by Gasteiger charge is 2.31. The Morgan fingerprint density at radius 3 is 2.50 bits per heavy atom. The molecular weight excluding hydrogens is 534 g/mol. The predicted octanol–water partition coefficient (Wildman–Crippen LogP) is 3.87. The molecule has 0 radical (unpaired) electrons. The van der Waals surface area contributed by atoms with Crippen molar-refractivity contribution < 1.29 is 19.4 Å². The number of carbonyl (C=O) groups excluding carboxylic acids is 1. The number of aromatic nitrogens is 6. The lowest BCUT2D eigenvalue weighted by Crippen LogP contribution is -2.46. The van der Waals surface area contributed by atoms with Crippen molar-refractivity contribution in [2.75, 3.05) is 14.1 Å². The fourth-order valence-electron chi connectivity index (χ4n) is 4.48. The van der Waals surface area contributed by atoms with Crippen LogP contribution in [-0.2, 0) is 33.9 Å². The van der Waals surface area contributed by atoms with E-state index in [1.807, 2.05) is 53.1 Å². The number of unbranched alkanes of at least 4 members (excludes halogenated alkanes) is 1. The van der Waals surface area contributed by atoms with Gasteiger partial charge in [-0.2, -0.15) is 5.21 Å². The first kappa shape index (κ1) is 29.1. The molecule has 0 aliphatic carbocycles. The molecule has 0 aliphatic rings. The first-order valence-corrected chi connectivity index (χ1v) is 13.3. The van der Waals surface area contributed by atoms with E-state index >= 15 is 0 Å². The number of carboxylic acid groups (broad SMARTS) is 1. The third-order valence-electron chi connectivity index (χ3n) is 6.66. The number of imidazole rings is 1. The van der Waals surface area contributed by atoms with Crippen LogP contribution < -0.4 is 0 Å². The summed E-state index contributed by atoms with van der Waals surface area (Å²) in [7, 11) is 3.26. The molecule has 0 spiro atoms. The fourth-order valence-corrected chi connectivity index (χ4v) is 4.74.